The van der Waals surface area contributed by atoms with Crippen molar-refractivity contribution in [3.63, 3.8) is 0 Å². The second kappa shape index (κ2) is 4.89. The molecule has 0 aliphatic heterocycles. The van der Waals surface area contributed by atoms with E-state index in [1.54, 1.807) is 18.4 Å². The molecule has 1 saturated carbocycles. The summed E-state index contributed by atoms with van der Waals surface area (Å²) in [4.78, 5) is 12.0. The van der Waals surface area contributed by atoms with Crippen molar-refractivity contribution in [1.82, 2.24) is 15.5 Å². The first-order chi connectivity index (χ1) is 9.28. The molecule has 19 heavy (non-hydrogen) atoms. The van der Waals surface area contributed by atoms with Gasteiger partial charge in [-0.25, -0.2) is 0 Å². The molecule has 1 atom stereocenters. The molecular formula is C13H16N4O2. The second-order valence-corrected chi connectivity index (χ2v) is 4.80. The van der Waals surface area contributed by atoms with Crippen molar-refractivity contribution in [2.75, 3.05) is 6.54 Å². The molecule has 3 rings (SSSR count). The molecule has 2 aromatic rings. The topological polar surface area (TPSA) is 96.9 Å². The largest absolute Gasteiger partial charge is 0.463 e. The summed E-state index contributed by atoms with van der Waals surface area (Å²) in [6.07, 6.45) is 3.86. The number of nitrogens with two attached hydrogens (primary N) is 1. The molecule has 0 spiro atoms. The minimum atomic E-state index is -0.198. The number of furan rings is 1. The predicted octanol–water partition coefficient (Wildman–Crippen LogP) is 1.14. The normalized spacial score (nSPS) is 16.3. The van der Waals surface area contributed by atoms with E-state index in [9.17, 15) is 4.79 Å². The van der Waals surface area contributed by atoms with Gasteiger partial charge < -0.3 is 15.5 Å². The second-order valence-electron chi connectivity index (χ2n) is 4.80. The zero-order valence-electron chi connectivity index (χ0n) is 10.4. The van der Waals surface area contributed by atoms with Crippen LogP contribution in [-0.2, 0) is 0 Å². The zero-order chi connectivity index (χ0) is 13.2. The number of carbonyl (C=O) groups is 1. The van der Waals surface area contributed by atoms with E-state index in [0.29, 0.717) is 29.6 Å². The Bertz CT molecular complexity index is 557. The number of nitrogens with one attached hydrogen (secondary N) is 2. The summed E-state index contributed by atoms with van der Waals surface area (Å²) in [6, 6.07) is 5.32. The van der Waals surface area contributed by atoms with Gasteiger partial charge in [0, 0.05) is 18.7 Å². The molecule has 2 heterocycles. The van der Waals surface area contributed by atoms with Gasteiger partial charge in [-0.3, -0.25) is 9.89 Å². The van der Waals surface area contributed by atoms with E-state index in [2.05, 4.69) is 15.5 Å². The Labute approximate surface area is 110 Å². The van der Waals surface area contributed by atoms with Crippen molar-refractivity contribution in [2.45, 2.75) is 18.9 Å². The summed E-state index contributed by atoms with van der Waals surface area (Å²) in [5, 5.41) is 9.72. The van der Waals surface area contributed by atoms with E-state index in [4.69, 9.17) is 10.2 Å². The molecule has 0 bridgehead atoms. The van der Waals surface area contributed by atoms with Crippen molar-refractivity contribution in [3.8, 4) is 11.5 Å². The van der Waals surface area contributed by atoms with Gasteiger partial charge in [0.05, 0.1) is 6.26 Å². The van der Waals surface area contributed by atoms with Gasteiger partial charge in [0.15, 0.2) is 11.5 Å². The quantitative estimate of drug-likeness (QED) is 0.750. The fourth-order valence-corrected chi connectivity index (χ4v) is 2.11. The summed E-state index contributed by atoms with van der Waals surface area (Å²) in [5.41, 5.74) is 6.70. The highest BCUT2D eigenvalue weighted by molar-refractivity contribution is 5.93. The number of aromatic amines is 1. The number of nitrogens with zero attached hydrogens (tertiary/aromatic N) is 1. The molecule has 1 amide bonds. The number of H-pyrrole nitrogens is 1. The molecule has 0 aromatic carbocycles. The summed E-state index contributed by atoms with van der Waals surface area (Å²) < 4.78 is 5.24. The highest BCUT2D eigenvalue weighted by Crippen LogP contribution is 2.32. The molecule has 0 radical (unpaired) electrons. The molecule has 0 saturated heterocycles. The van der Waals surface area contributed by atoms with Crippen LogP contribution in [0.25, 0.3) is 11.5 Å². The Balaban J connectivity index is 1.70. The maximum Gasteiger partial charge on any atom is 0.272 e. The van der Waals surface area contributed by atoms with E-state index in [1.807, 2.05) is 6.07 Å². The SMILES string of the molecule is NCC(NC(=O)c1cc(-c2ccco2)[nH]n1)C1CC1. The molecule has 100 valence electrons. The number of hydrogen-bond donors (Lipinski definition) is 3. The van der Waals surface area contributed by atoms with Gasteiger partial charge in [0.25, 0.3) is 5.91 Å². The van der Waals surface area contributed by atoms with Crippen LogP contribution in [0.5, 0.6) is 0 Å². The van der Waals surface area contributed by atoms with Gasteiger partial charge in [0.1, 0.15) is 5.69 Å². The molecule has 1 unspecified atom stereocenters. The lowest BCUT2D eigenvalue weighted by atomic mass is 10.2. The van der Waals surface area contributed by atoms with E-state index < -0.39 is 0 Å². The number of rotatable bonds is 5. The van der Waals surface area contributed by atoms with Gasteiger partial charge >= 0.3 is 0 Å². The van der Waals surface area contributed by atoms with Crippen LogP contribution in [0.2, 0.25) is 0 Å². The Morgan fingerprint density at radius 1 is 1.63 bits per heavy atom. The first-order valence-electron chi connectivity index (χ1n) is 6.38. The van der Waals surface area contributed by atoms with Crippen molar-refractivity contribution >= 4 is 5.91 Å². The average Bonchev–Trinajstić information content (AvgIpc) is 2.95. The van der Waals surface area contributed by atoms with Crippen molar-refractivity contribution < 1.29 is 9.21 Å². The van der Waals surface area contributed by atoms with Crippen LogP contribution in [0.4, 0.5) is 0 Å². The fourth-order valence-electron chi connectivity index (χ4n) is 2.11. The lowest BCUT2D eigenvalue weighted by molar-refractivity contribution is 0.0928. The predicted molar refractivity (Wildman–Crippen MR) is 69.3 cm³/mol. The van der Waals surface area contributed by atoms with Gasteiger partial charge in [0.2, 0.25) is 0 Å². The summed E-state index contributed by atoms with van der Waals surface area (Å²) >= 11 is 0. The molecule has 1 aliphatic carbocycles. The molecule has 1 aliphatic rings. The summed E-state index contributed by atoms with van der Waals surface area (Å²) in [5.74, 6) is 0.984. The summed E-state index contributed by atoms with van der Waals surface area (Å²) in [6.45, 7) is 0.464. The average molecular weight is 260 g/mol. The zero-order valence-corrected chi connectivity index (χ0v) is 10.4. The molecule has 4 N–H and O–H groups in total. The maximum atomic E-state index is 12.0. The van der Waals surface area contributed by atoms with Crippen LogP contribution in [0.3, 0.4) is 0 Å². The fraction of sp³-hybridized carbons (Fsp3) is 0.385. The standard InChI is InChI=1S/C13H16N4O2/c14-7-11(8-3-4-8)15-13(18)10-6-9(16-17-10)12-2-1-5-19-12/h1-2,5-6,8,11H,3-4,7,14H2,(H,15,18)(H,16,17). The van der Waals surface area contributed by atoms with Crippen molar-refractivity contribution in [1.29, 1.82) is 0 Å². The Morgan fingerprint density at radius 3 is 3.11 bits per heavy atom. The third-order valence-electron chi connectivity index (χ3n) is 3.36. The molecule has 6 heteroatoms. The maximum absolute atomic E-state index is 12.0. The van der Waals surface area contributed by atoms with Crippen LogP contribution in [-0.4, -0.2) is 28.7 Å². The van der Waals surface area contributed by atoms with Crippen LogP contribution in [0.1, 0.15) is 23.3 Å². The first-order valence-corrected chi connectivity index (χ1v) is 6.38. The Morgan fingerprint density at radius 2 is 2.47 bits per heavy atom. The highest BCUT2D eigenvalue weighted by atomic mass is 16.3. The lowest BCUT2D eigenvalue weighted by Crippen LogP contribution is -2.41. The number of hydrogen-bond acceptors (Lipinski definition) is 4. The van der Waals surface area contributed by atoms with E-state index >= 15 is 0 Å². The minimum absolute atomic E-state index is 0.0521. The minimum Gasteiger partial charge on any atom is -0.463 e. The first kappa shape index (κ1) is 12.0. The van der Waals surface area contributed by atoms with Crippen molar-refractivity contribution in [3.05, 3.63) is 30.2 Å². The number of carbonyl (C=O) groups excluding carboxylic acids is 1. The van der Waals surface area contributed by atoms with E-state index in [0.717, 1.165) is 12.8 Å². The third kappa shape index (κ3) is 2.53. The van der Waals surface area contributed by atoms with Crippen LogP contribution in [0, 0.1) is 5.92 Å². The van der Waals surface area contributed by atoms with Crippen molar-refractivity contribution in [2.24, 2.45) is 11.7 Å². The van der Waals surface area contributed by atoms with Gasteiger partial charge in [-0.05, 0) is 30.9 Å². The van der Waals surface area contributed by atoms with Gasteiger partial charge in [-0.1, -0.05) is 0 Å². The van der Waals surface area contributed by atoms with Crippen LogP contribution >= 0.6 is 0 Å². The monoisotopic (exact) mass is 260 g/mol. The summed E-state index contributed by atoms with van der Waals surface area (Å²) in [7, 11) is 0. The Hall–Kier alpha value is -2.08. The van der Waals surface area contributed by atoms with Crippen LogP contribution in [0.15, 0.2) is 28.9 Å². The number of amides is 1. The Kier molecular flexibility index (Phi) is 3.08. The van der Waals surface area contributed by atoms with Gasteiger partial charge in [-0.15, -0.1) is 0 Å². The molecule has 6 nitrogen and oxygen atoms in total. The molecule has 2 aromatic heterocycles. The van der Waals surface area contributed by atoms with E-state index in [-0.39, 0.29) is 11.9 Å². The van der Waals surface area contributed by atoms with Gasteiger partial charge in [-0.2, -0.15) is 5.10 Å². The smallest absolute Gasteiger partial charge is 0.272 e. The lowest BCUT2D eigenvalue weighted by Gasteiger charge is -2.14. The highest BCUT2D eigenvalue weighted by Gasteiger charge is 2.31. The van der Waals surface area contributed by atoms with Crippen LogP contribution < -0.4 is 11.1 Å². The third-order valence-corrected chi connectivity index (χ3v) is 3.36. The molecule has 1 fully saturated rings. The molecular weight excluding hydrogens is 244 g/mol. The number of aromatic nitrogens is 2. The van der Waals surface area contributed by atoms with E-state index in [1.165, 1.54) is 0 Å².